The Morgan fingerprint density at radius 3 is 2.12 bits per heavy atom. The van der Waals surface area contributed by atoms with E-state index < -0.39 is 0 Å². The van der Waals surface area contributed by atoms with Gasteiger partial charge >= 0.3 is 0 Å². The van der Waals surface area contributed by atoms with Gasteiger partial charge in [-0.05, 0) is 19.9 Å². The Bertz CT molecular complexity index is 219. The summed E-state index contributed by atoms with van der Waals surface area (Å²) in [5, 5.41) is 0. The average molecular weight is 242 g/mol. The molecule has 2 rings (SSSR count). The Labute approximate surface area is 105 Å². The van der Waals surface area contributed by atoms with Crippen LogP contribution >= 0.6 is 0 Å². The first-order chi connectivity index (χ1) is 8.27. The van der Waals surface area contributed by atoms with E-state index in [1.54, 1.807) is 0 Å². The molecular weight excluding hydrogens is 216 g/mol. The van der Waals surface area contributed by atoms with Crippen molar-refractivity contribution >= 4 is 5.91 Å². The van der Waals surface area contributed by atoms with Crippen molar-refractivity contribution in [3.05, 3.63) is 0 Å². The van der Waals surface area contributed by atoms with Crippen LogP contribution < -0.4 is 0 Å². The molecule has 2 heterocycles. The van der Waals surface area contributed by atoms with Crippen molar-refractivity contribution in [2.45, 2.75) is 26.7 Å². The SMILES string of the molecule is CC.CN1CCN(C(=O)C2CCOCC2)CC1. The van der Waals surface area contributed by atoms with Gasteiger partial charge in [-0.25, -0.2) is 0 Å². The van der Waals surface area contributed by atoms with Crippen molar-refractivity contribution in [3.63, 3.8) is 0 Å². The molecule has 0 saturated carbocycles. The van der Waals surface area contributed by atoms with E-state index in [0.717, 1.165) is 52.2 Å². The average Bonchev–Trinajstić information content (AvgIpc) is 2.42. The zero-order valence-electron chi connectivity index (χ0n) is 11.4. The number of amides is 1. The molecule has 4 heteroatoms. The maximum Gasteiger partial charge on any atom is 0.225 e. The quantitative estimate of drug-likeness (QED) is 0.693. The first-order valence-electron chi connectivity index (χ1n) is 6.82. The third-order valence-corrected chi connectivity index (χ3v) is 3.39. The monoisotopic (exact) mass is 242 g/mol. The Hall–Kier alpha value is -0.610. The summed E-state index contributed by atoms with van der Waals surface area (Å²) >= 11 is 0. The van der Waals surface area contributed by atoms with E-state index in [2.05, 4.69) is 11.9 Å². The van der Waals surface area contributed by atoms with Gasteiger partial charge in [-0.1, -0.05) is 13.8 Å². The minimum Gasteiger partial charge on any atom is -0.381 e. The molecule has 100 valence electrons. The highest BCUT2D eigenvalue weighted by atomic mass is 16.5. The maximum absolute atomic E-state index is 12.1. The summed E-state index contributed by atoms with van der Waals surface area (Å²) in [6.07, 6.45) is 1.82. The predicted octanol–water partition coefficient (Wildman–Crippen LogP) is 1.21. The van der Waals surface area contributed by atoms with Gasteiger partial charge in [-0.2, -0.15) is 0 Å². The number of ether oxygens (including phenoxy) is 1. The van der Waals surface area contributed by atoms with Gasteiger partial charge in [0.2, 0.25) is 5.91 Å². The lowest BCUT2D eigenvalue weighted by atomic mass is 9.98. The van der Waals surface area contributed by atoms with Crippen LogP contribution in [-0.2, 0) is 9.53 Å². The molecule has 17 heavy (non-hydrogen) atoms. The Kier molecular flexibility index (Phi) is 6.52. The van der Waals surface area contributed by atoms with Crippen LogP contribution in [0.25, 0.3) is 0 Å². The Morgan fingerprint density at radius 1 is 1.06 bits per heavy atom. The Morgan fingerprint density at radius 2 is 1.59 bits per heavy atom. The van der Waals surface area contributed by atoms with E-state index in [-0.39, 0.29) is 5.92 Å². The minimum atomic E-state index is 0.224. The minimum absolute atomic E-state index is 0.224. The Balaban J connectivity index is 0.000000686. The van der Waals surface area contributed by atoms with E-state index in [9.17, 15) is 4.79 Å². The smallest absolute Gasteiger partial charge is 0.225 e. The zero-order valence-corrected chi connectivity index (χ0v) is 11.4. The predicted molar refractivity (Wildman–Crippen MR) is 69.0 cm³/mol. The van der Waals surface area contributed by atoms with Crippen molar-refractivity contribution in [2.24, 2.45) is 5.92 Å². The fourth-order valence-corrected chi connectivity index (χ4v) is 2.23. The molecule has 4 nitrogen and oxygen atoms in total. The second kappa shape index (κ2) is 7.67. The van der Waals surface area contributed by atoms with Crippen LogP contribution in [0.2, 0.25) is 0 Å². The number of piperazine rings is 1. The van der Waals surface area contributed by atoms with Crippen LogP contribution in [-0.4, -0.2) is 62.1 Å². The van der Waals surface area contributed by atoms with Gasteiger partial charge in [0.1, 0.15) is 0 Å². The van der Waals surface area contributed by atoms with Gasteiger partial charge in [0.25, 0.3) is 0 Å². The van der Waals surface area contributed by atoms with E-state index in [1.165, 1.54) is 0 Å². The second-order valence-electron chi connectivity index (χ2n) is 4.52. The van der Waals surface area contributed by atoms with Crippen molar-refractivity contribution in [1.82, 2.24) is 9.80 Å². The highest BCUT2D eigenvalue weighted by molar-refractivity contribution is 5.79. The van der Waals surface area contributed by atoms with Gasteiger partial charge in [-0.3, -0.25) is 4.79 Å². The van der Waals surface area contributed by atoms with E-state index >= 15 is 0 Å². The van der Waals surface area contributed by atoms with Crippen LogP contribution in [0.5, 0.6) is 0 Å². The molecule has 0 unspecified atom stereocenters. The molecule has 0 aromatic heterocycles. The molecule has 0 radical (unpaired) electrons. The number of nitrogens with zero attached hydrogens (tertiary/aromatic N) is 2. The number of hydrogen-bond acceptors (Lipinski definition) is 3. The molecule has 2 fully saturated rings. The summed E-state index contributed by atoms with van der Waals surface area (Å²) in [6, 6.07) is 0. The molecule has 0 aliphatic carbocycles. The molecule has 0 bridgehead atoms. The van der Waals surface area contributed by atoms with Crippen LogP contribution in [0.1, 0.15) is 26.7 Å². The van der Waals surface area contributed by atoms with Crippen LogP contribution in [0.4, 0.5) is 0 Å². The molecule has 2 saturated heterocycles. The van der Waals surface area contributed by atoms with Crippen molar-refractivity contribution < 1.29 is 9.53 Å². The number of likely N-dealkylation sites (N-methyl/N-ethyl adjacent to an activating group) is 1. The zero-order chi connectivity index (χ0) is 12.7. The molecular formula is C13H26N2O2. The number of rotatable bonds is 1. The third-order valence-electron chi connectivity index (χ3n) is 3.39. The van der Waals surface area contributed by atoms with Gasteiger partial charge in [0.05, 0.1) is 0 Å². The molecule has 0 spiro atoms. The van der Waals surface area contributed by atoms with E-state index in [0.29, 0.717) is 5.91 Å². The van der Waals surface area contributed by atoms with Crippen LogP contribution in [0, 0.1) is 5.92 Å². The van der Waals surface area contributed by atoms with E-state index in [4.69, 9.17) is 4.74 Å². The molecule has 0 aromatic carbocycles. The normalized spacial score (nSPS) is 22.9. The largest absolute Gasteiger partial charge is 0.381 e. The second-order valence-corrected chi connectivity index (χ2v) is 4.52. The van der Waals surface area contributed by atoms with Gasteiger partial charge in [0, 0.05) is 45.3 Å². The molecule has 2 aliphatic rings. The lowest BCUT2D eigenvalue weighted by Crippen LogP contribution is -2.49. The molecule has 2 aliphatic heterocycles. The lowest BCUT2D eigenvalue weighted by molar-refractivity contribution is -0.140. The summed E-state index contributed by atoms with van der Waals surface area (Å²) in [4.78, 5) is 16.4. The standard InChI is InChI=1S/C11H20N2O2.C2H6/c1-12-4-6-13(7-5-12)11(14)10-2-8-15-9-3-10;1-2/h10H,2-9H2,1H3;1-2H3. The van der Waals surface area contributed by atoms with Crippen LogP contribution in [0.3, 0.4) is 0 Å². The molecule has 0 atom stereocenters. The first-order valence-corrected chi connectivity index (χ1v) is 6.82. The lowest BCUT2D eigenvalue weighted by Gasteiger charge is -2.35. The fraction of sp³-hybridized carbons (Fsp3) is 0.923. The molecule has 0 N–H and O–H groups in total. The number of carbonyl (C=O) groups is 1. The summed E-state index contributed by atoms with van der Waals surface area (Å²) < 4.78 is 5.28. The number of carbonyl (C=O) groups excluding carboxylic acids is 1. The summed E-state index contributed by atoms with van der Waals surface area (Å²) in [5.74, 6) is 0.577. The van der Waals surface area contributed by atoms with Gasteiger partial charge < -0.3 is 14.5 Å². The highest BCUT2D eigenvalue weighted by Crippen LogP contribution is 2.18. The van der Waals surface area contributed by atoms with Crippen molar-refractivity contribution in [1.29, 1.82) is 0 Å². The summed E-state index contributed by atoms with van der Waals surface area (Å²) in [5.41, 5.74) is 0. The molecule has 0 aromatic rings. The van der Waals surface area contributed by atoms with E-state index in [1.807, 2.05) is 18.7 Å². The third kappa shape index (κ3) is 4.28. The highest BCUT2D eigenvalue weighted by Gasteiger charge is 2.27. The van der Waals surface area contributed by atoms with Crippen molar-refractivity contribution in [2.75, 3.05) is 46.4 Å². The van der Waals surface area contributed by atoms with Gasteiger partial charge in [0.15, 0.2) is 0 Å². The topological polar surface area (TPSA) is 32.8 Å². The fourth-order valence-electron chi connectivity index (χ4n) is 2.23. The number of hydrogen-bond donors (Lipinski definition) is 0. The maximum atomic E-state index is 12.1. The van der Waals surface area contributed by atoms with Crippen LogP contribution in [0.15, 0.2) is 0 Å². The first kappa shape index (κ1) is 14.5. The van der Waals surface area contributed by atoms with Gasteiger partial charge in [-0.15, -0.1) is 0 Å². The molecule has 1 amide bonds. The summed E-state index contributed by atoms with van der Waals surface area (Å²) in [6.45, 7) is 9.32. The summed E-state index contributed by atoms with van der Waals surface area (Å²) in [7, 11) is 2.11. The van der Waals surface area contributed by atoms with Crippen molar-refractivity contribution in [3.8, 4) is 0 Å².